The van der Waals surface area contributed by atoms with Gasteiger partial charge >= 0.3 is 0 Å². The fourth-order valence-electron chi connectivity index (χ4n) is 1.16. The van der Waals surface area contributed by atoms with Gasteiger partial charge in [-0.2, -0.15) is 0 Å². The topological polar surface area (TPSA) is 74.1 Å². The van der Waals surface area contributed by atoms with Gasteiger partial charge in [-0.05, 0) is 22.0 Å². The molecule has 0 radical (unpaired) electrons. The SMILES string of the molecule is Cn1ccc(-c2onc(N)c2Br)cc1=O. The normalized spacial score (nSPS) is 10.5. The van der Waals surface area contributed by atoms with E-state index in [1.54, 1.807) is 19.3 Å². The number of hydrogen-bond acceptors (Lipinski definition) is 4. The summed E-state index contributed by atoms with van der Waals surface area (Å²) >= 11 is 3.24. The first-order valence-electron chi connectivity index (χ1n) is 4.17. The molecule has 2 aromatic rings. The molecule has 0 aliphatic heterocycles. The minimum absolute atomic E-state index is 0.116. The summed E-state index contributed by atoms with van der Waals surface area (Å²) in [5.41, 5.74) is 6.04. The maximum absolute atomic E-state index is 11.4. The van der Waals surface area contributed by atoms with Crippen molar-refractivity contribution in [3.63, 3.8) is 0 Å². The molecule has 0 spiro atoms. The van der Waals surface area contributed by atoms with E-state index in [-0.39, 0.29) is 11.4 Å². The summed E-state index contributed by atoms with van der Waals surface area (Å²) in [7, 11) is 1.68. The number of anilines is 1. The Bertz CT molecular complexity index is 559. The number of aromatic nitrogens is 2. The molecule has 0 aromatic carbocycles. The van der Waals surface area contributed by atoms with Crippen LogP contribution in [0.4, 0.5) is 5.82 Å². The smallest absolute Gasteiger partial charge is 0.250 e. The Balaban J connectivity index is 2.60. The van der Waals surface area contributed by atoms with Crippen LogP contribution in [0.15, 0.2) is 32.1 Å². The van der Waals surface area contributed by atoms with E-state index in [2.05, 4.69) is 21.1 Å². The van der Waals surface area contributed by atoms with Gasteiger partial charge < -0.3 is 14.8 Å². The number of aryl methyl sites for hydroxylation is 1. The summed E-state index contributed by atoms with van der Waals surface area (Å²) in [6, 6.07) is 3.22. The zero-order valence-electron chi connectivity index (χ0n) is 7.90. The molecule has 0 unspecified atom stereocenters. The second-order valence-electron chi connectivity index (χ2n) is 3.08. The molecule has 0 aliphatic rings. The molecule has 0 bridgehead atoms. The van der Waals surface area contributed by atoms with E-state index in [0.29, 0.717) is 15.8 Å². The van der Waals surface area contributed by atoms with Gasteiger partial charge in [-0.15, -0.1) is 0 Å². The predicted octanol–water partition coefficient (Wildman–Crippen LogP) is 1.39. The highest BCUT2D eigenvalue weighted by Gasteiger charge is 2.13. The van der Waals surface area contributed by atoms with Crippen molar-refractivity contribution >= 4 is 21.7 Å². The maximum Gasteiger partial charge on any atom is 0.250 e. The average molecular weight is 270 g/mol. The van der Waals surface area contributed by atoms with E-state index in [0.717, 1.165) is 0 Å². The Kier molecular flexibility index (Phi) is 2.36. The summed E-state index contributed by atoms with van der Waals surface area (Å²) in [5.74, 6) is 0.732. The van der Waals surface area contributed by atoms with Gasteiger partial charge in [0, 0.05) is 24.9 Å². The van der Waals surface area contributed by atoms with Crippen molar-refractivity contribution in [1.82, 2.24) is 9.72 Å². The fraction of sp³-hybridized carbons (Fsp3) is 0.111. The molecule has 0 amide bonds. The minimum atomic E-state index is -0.116. The summed E-state index contributed by atoms with van der Waals surface area (Å²) in [6.07, 6.45) is 1.66. The highest BCUT2D eigenvalue weighted by molar-refractivity contribution is 9.10. The van der Waals surface area contributed by atoms with E-state index >= 15 is 0 Å². The lowest BCUT2D eigenvalue weighted by Gasteiger charge is -1.98. The van der Waals surface area contributed by atoms with Crippen molar-refractivity contribution < 1.29 is 4.52 Å². The van der Waals surface area contributed by atoms with Gasteiger partial charge in [0.15, 0.2) is 11.6 Å². The predicted molar refractivity (Wildman–Crippen MR) is 59.3 cm³/mol. The molecule has 2 aromatic heterocycles. The first-order valence-corrected chi connectivity index (χ1v) is 4.96. The molecule has 0 atom stereocenters. The molecule has 0 aliphatic carbocycles. The molecule has 0 saturated heterocycles. The molecule has 15 heavy (non-hydrogen) atoms. The lowest BCUT2D eigenvalue weighted by Crippen LogP contribution is -2.13. The van der Waals surface area contributed by atoms with Gasteiger partial charge in [-0.3, -0.25) is 4.79 Å². The largest absolute Gasteiger partial charge is 0.380 e. The zero-order chi connectivity index (χ0) is 11.0. The molecule has 2 heterocycles. The Hall–Kier alpha value is -1.56. The van der Waals surface area contributed by atoms with Gasteiger partial charge in [0.25, 0.3) is 5.56 Å². The van der Waals surface area contributed by atoms with Gasteiger partial charge in [-0.25, -0.2) is 0 Å². The van der Waals surface area contributed by atoms with Crippen molar-refractivity contribution in [2.75, 3.05) is 5.73 Å². The fourth-order valence-corrected chi connectivity index (χ4v) is 1.53. The van der Waals surface area contributed by atoms with Gasteiger partial charge in [0.1, 0.15) is 4.47 Å². The Labute approximate surface area is 93.6 Å². The van der Waals surface area contributed by atoms with Crippen molar-refractivity contribution in [3.05, 3.63) is 33.2 Å². The van der Waals surface area contributed by atoms with E-state index < -0.39 is 0 Å². The number of nitrogens with two attached hydrogens (primary N) is 1. The number of nitrogen functional groups attached to an aromatic ring is 1. The molecule has 78 valence electrons. The van der Waals surface area contributed by atoms with Crippen LogP contribution in [0.5, 0.6) is 0 Å². The third kappa shape index (κ3) is 1.68. The molecule has 0 saturated carbocycles. The Morgan fingerprint density at radius 2 is 2.33 bits per heavy atom. The highest BCUT2D eigenvalue weighted by atomic mass is 79.9. The average Bonchev–Trinajstić information content (AvgIpc) is 2.53. The number of nitrogens with zero attached hydrogens (tertiary/aromatic N) is 2. The van der Waals surface area contributed by atoms with Crippen LogP contribution in [0.1, 0.15) is 0 Å². The standard InChI is InChI=1S/C9H8BrN3O2/c1-13-3-2-5(4-6(13)14)8-7(10)9(11)12-15-8/h2-4H,1H3,(H2,11,12). The first kappa shape index (κ1) is 9.97. The molecule has 0 fully saturated rings. The monoisotopic (exact) mass is 269 g/mol. The molecule has 5 nitrogen and oxygen atoms in total. The van der Waals surface area contributed by atoms with Crippen molar-refractivity contribution in [2.45, 2.75) is 0 Å². The van der Waals surface area contributed by atoms with Crippen LogP contribution >= 0.6 is 15.9 Å². The van der Waals surface area contributed by atoms with E-state index in [9.17, 15) is 4.79 Å². The van der Waals surface area contributed by atoms with E-state index in [1.807, 2.05) is 0 Å². The summed E-state index contributed by atoms with van der Waals surface area (Å²) < 4.78 is 7.04. The summed E-state index contributed by atoms with van der Waals surface area (Å²) in [4.78, 5) is 11.4. The van der Waals surface area contributed by atoms with Gasteiger partial charge in [0.05, 0.1) is 0 Å². The molecule has 2 N–H and O–H groups in total. The molecule has 2 rings (SSSR count). The number of rotatable bonds is 1. The number of pyridine rings is 1. The first-order chi connectivity index (χ1) is 7.09. The minimum Gasteiger partial charge on any atom is -0.380 e. The molecular weight excluding hydrogens is 262 g/mol. The van der Waals surface area contributed by atoms with Crippen LogP contribution in [0.2, 0.25) is 0 Å². The molecular formula is C9H8BrN3O2. The second kappa shape index (κ2) is 3.54. The van der Waals surface area contributed by atoms with E-state index in [1.165, 1.54) is 10.6 Å². The van der Waals surface area contributed by atoms with Crippen LogP contribution in [0, 0.1) is 0 Å². The van der Waals surface area contributed by atoms with Crippen molar-refractivity contribution in [1.29, 1.82) is 0 Å². The van der Waals surface area contributed by atoms with Crippen LogP contribution in [-0.4, -0.2) is 9.72 Å². The Morgan fingerprint density at radius 1 is 1.60 bits per heavy atom. The highest BCUT2D eigenvalue weighted by Crippen LogP contribution is 2.31. The zero-order valence-corrected chi connectivity index (χ0v) is 9.48. The lowest BCUT2D eigenvalue weighted by atomic mass is 10.2. The van der Waals surface area contributed by atoms with Crippen LogP contribution in [0.25, 0.3) is 11.3 Å². The van der Waals surface area contributed by atoms with Gasteiger partial charge in [-0.1, -0.05) is 5.16 Å². The number of hydrogen-bond donors (Lipinski definition) is 1. The summed E-state index contributed by atoms with van der Waals surface area (Å²) in [5, 5.41) is 3.59. The van der Waals surface area contributed by atoms with Gasteiger partial charge in [0.2, 0.25) is 0 Å². The van der Waals surface area contributed by atoms with Crippen molar-refractivity contribution in [2.24, 2.45) is 7.05 Å². The quantitative estimate of drug-likeness (QED) is 0.849. The van der Waals surface area contributed by atoms with Crippen LogP contribution in [-0.2, 0) is 7.05 Å². The third-order valence-electron chi connectivity index (χ3n) is 2.03. The lowest BCUT2D eigenvalue weighted by molar-refractivity contribution is 0.435. The number of halogens is 1. The van der Waals surface area contributed by atoms with Crippen LogP contribution in [0.3, 0.4) is 0 Å². The Morgan fingerprint density at radius 3 is 2.87 bits per heavy atom. The van der Waals surface area contributed by atoms with Crippen LogP contribution < -0.4 is 11.3 Å². The third-order valence-corrected chi connectivity index (χ3v) is 2.79. The summed E-state index contributed by atoms with van der Waals surface area (Å²) in [6.45, 7) is 0. The molecule has 6 heteroatoms. The van der Waals surface area contributed by atoms with E-state index in [4.69, 9.17) is 10.3 Å². The second-order valence-corrected chi connectivity index (χ2v) is 3.87. The van der Waals surface area contributed by atoms with Crippen molar-refractivity contribution in [3.8, 4) is 11.3 Å². The maximum atomic E-state index is 11.4.